The standard InChI is InChI=1S/C28H27FN4S/c1-17-12-13-18(2)25(15-17)32-19(3)16-21(20(32)4)27-26(23-10-7-8-14-30-23)31-28(34)33(27)24-11-6-5-9-22(24)29/h5-16,26-27H,1-4H3,(H,31,34). The average molecular weight is 471 g/mol. The molecule has 0 amide bonds. The molecule has 2 aromatic heterocycles. The number of anilines is 1. The molecule has 1 aliphatic rings. The minimum absolute atomic E-state index is 0.221. The Bertz CT molecular complexity index is 1380. The SMILES string of the molecule is Cc1ccc(C)c(-n2c(C)cc(C3C(c4ccccn4)NC(=S)N3c3ccccc3F)c2C)c1. The summed E-state index contributed by atoms with van der Waals surface area (Å²) < 4.78 is 17.3. The van der Waals surface area contributed by atoms with E-state index in [1.54, 1.807) is 18.3 Å². The highest BCUT2D eigenvalue weighted by Crippen LogP contribution is 2.44. The second-order valence-electron chi connectivity index (χ2n) is 8.90. The first-order chi connectivity index (χ1) is 16.4. The van der Waals surface area contributed by atoms with E-state index >= 15 is 4.39 Å². The molecule has 0 aliphatic carbocycles. The number of hydrogen-bond acceptors (Lipinski definition) is 2. The van der Waals surface area contributed by atoms with E-state index in [1.165, 1.54) is 17.2 Å². The van der Waals surface area contributed by atoms with Crippen LogP contribution in [0.5, 0.6) is 0 Å². The number of pyridine rings is 1. The van der Waals surface area contributed by atoms with Gasteiger partial charge in [0.25, 0.3) is 0 Å². The van der Waals surface area contributed by atoms with Gasteiger partial charge < -0.3 is 14.8 Å². The lowest BCUT2D eigenvalue weighted by atomic mass is 9.96. The summed E-state index contributed by atoms with van der Waals surface area (Å²) in [4.78, 5) is 6.52. The van der Waals surface area contributed by atoms with Crippen molar-refractivity contribution in [3.05, 3.63) is 113 Å². The Labute approximate surface area is 205 Å². The highest BCUT2D eigenvalue weighted by Gasteiger charge is 2.43. The Morgan fingerprint density at radius 2 is 1.68 bits per heavy atom. The number of halogens is 1. The summed E-state index contributed by atoms with van der Waals surface area (Å²) in [6, 6.07) is 20.8. The van der Waals surface area contributed by atoms with Crippen LogP contribution in [0, 0.1) is 33.5 Å². The third-order valence-corrected chi connectivity index (χ3v) is 6.92. The number of para-hydroxylation sites is 1. The Balaban J connectivity index is 1.72. The first-order valence-corrected chi connectivity index (χ1v) is 11.8. The van der Waals surface area contributed by atoms with E-state index in [2.05, 4.69) is 66.8 Å². The summed E-state index contributed by atoms with van der Waals surface area (Å²) in [5.41, 5.74) is 8.19. The zero-order valence-electron chi connectivity index (χ0n) is 19.7. The van der Waals surface area contributed by atoms with Gasteiger partial charge in [0.05, 0.1) is 23.5 Å². The lowest BCUT2D eigenvalue weighted by Gasteiger charge is -2.28. The van der Waals surface area contributed by atoms with E-state index in [0.717, 1.165) is 28.3 Å². The van der Waals surface area contributed by atoms with Crippen LogP contribution >= 0.6 is 12.2 Å². The molecule has 6 heteroatoms. The summed E-state index contributed by atoms with van der Waals surface area (Å²) in [5.74, 6) is -0.304. The van der Waals surface area contributed by atoms with Crippen LogP contribution in [0.15, 0.2) is 72.9 Å². The molecule has 4 nitrogen and oxygen atoms in total. The number of hydrogen-bond donors (Lipinski definition) is 1. The quantitative estimate of drug-likeness (QED) is 0.349. The molecule has 1 fully saturated rings. The third kappa shape index (κ3) is 3.68. The largest absolute Gasteiger partial charge is 0.351 e. The van der Waals surface area contributed by atoms with Crippen molar-refractivity contribution in [1.82, 2.24) is 14.9 Å². The highest BCUT2D eigenvalue weighted by molar-refractivity contribution is 7.80. The van der Waals surface area contributed by atoms with Gasteiger partial charge in [0.1, 0.15) is 5.82 Å². The number of nitrogens with one attached hydrogen (secondary N) is 1. The zero-order chi connectivity index (χ0) is 24.0. The van der Waals surface area contributed by atoms with Gasteiger partial charge in [0.15, 0.2) is 5.11 Å². The Kier molecular flexibility index (Phi) is 5.70. The Hall–Kier alpha value is -3.51. The fourth-order valence-electron chi connectivity index (χ4n) is 5.00. The highest BCUT2D eigenvalue weighted by atomic mass is 32.1. The maximum absolute atomic E-state index is 15.0. The summed E-state index contributed by atoms with van der Waals surface area (Å²) in [7, 11) is 0. The van der Waals surface area contributed by atoms with Gasteiger partial charge >= 0.3 is 0 Å². The molecular formula is C28H27FN4S. The molecule has 4 aromatic rings. The fourth-order valence-corrected chi connectivity index (χ4v) is 5.33. The average Bonchev–Trinajstić information content (AvgIpc) is 3.31. The second kappa shape index (κ2) is 8.69. The number of aryl methyl sites for hydroxylation is 3. The summed E-state index contributed by atoms with van der Waals surface area (Å²) in [5, 5.41) is 3.92. The molecule has 0 bridgehead atoms. The monoisotopic (exact) mass is 470 g/mol. The lowest BCUT2D eigenvalue weighted by Crippen LogP contribution is -2.30. The van der Waals surface area contributed by atoms with Gasteiger partial charge in [-0.2, -0.15) is 0 Å². The van der Waals surface area contributed by atoms with Crippen LogP contribution in [0.25, 0.3) is 5.69 Å². The minimum atomic E-state index is -0.304. The molecular weight excluding hydrogens is 443 g/mol. The van der Waals surface area contributed by atoms with E-state index in [0.29, 0.717) is 10.8 Å². The predicted octanol–water partition coefficient (Wildman–Crippen LogP) is 6.42. The topological polar surface area (TPSA) is 33.1 Å². The van der Waals surface area contributed by atoms with Crippen molar-refractivity contribution in [2.75, 3.05) is 4.90 Å². The molecule has 1 aliphatic heterocycles. The van der Waals surface area contributed by atoms with Crippen LogP contribution in [0.3, 0.4) is 0 Å². The Morgan fingerprint density at radius 1 is 0.912 bits per heavy atom. The van der Waals surface area contributed by atoms with E-state index < -0.39 is 0 Å². The number of rotatable bonds is 4. The van der Waals surface area contributed by atoms with Crippen LogP contribution in [0.1, 0.15) is 45.9 Å². The van der Waals surface area contributed by atoms with E-state index in [4.69, 9.17) is 12.2 Å². The van der Waals surface area contributed by atoms with Gasteiger partial charge in [0, 0.05) is 23.3 Å². The first-order valence-electron chi connectivity index (χ1n) is 11.4. The maximum Gasteiger partial charge on any atom is 0.174 e. The van der Waals surface area contributed by atoms with Crippen molar-refractivity contribution >= 4 is 23.0 Å². The van der Waals surface area contributed by atoms with Crippen LogP contribution in [-0.2, 0) is 0 Å². The van der Waals surface area contributed by atoms with E-state index in [1.807, 2.05) is 29.2 Å². The van der Waals surface area contributed by atoms with E-state index in [9.17, 15) is 0 Å². The molecule has 172 valence electrons. The molecule has 2 atom stereocenters. The van der Waals surface area contributed by atoms with Gasteiger partial charge in [-0.25, -0.2) is 4.39 Å². The minimum Gasteiger partial charge on any atom is -0.351 e. The van der Waals surface area contributed by atoms with Crippen molar-refractivity contribution in [2.45, 2.75) is 39.8 Å². The van der Waals surface area contributed by atoms with Gasteiger partial charge in [-0.3, -0.25) is 4.98 Å². The molecule has 2 unspecified atom stereocenters. The normalized spacial score (nSPS) is 17.8. The molecule has 0 radical (unpaired) electrons. The summed E-state index contributed by atoms with van der Waals surface area (Å²) >= 11 is 5.76. The van der Waals surface area contributed by atoms with Crippen molar-refractivity contribution < 1.29 is 4.39 Å². The zero-order valence-corrected chi connectivity index (χ0v) is 20.5. The fraction of sp³-hybridized carbons (Fsp3) is 0.214. The number of nitrogens with zero attached hydrogens (tertiary/aromatic N) is 3. The van der Waals surface area contributed by atoms with Crippen LogP contribution in [0.2, 0.25) is 0 Å². The molecule has 0 saturated carbocycles. The molecule has 0 spiro atoms. The molecule has 5 rings (SSSR count). The molecule has 2 aromatic carbocycles. The number of thiocarbonyl (C=S) groups is 1. The summed E-state index contributed by atoms with van der Waals surface area (Å²) in [6.07, 6.45) is 1.78. The van der Waals surface area contributed by atoms with Gasteiger partial charge in [0.2, 0.25) is 0 Å². The van der Waals surface area contributed by atoms with Crippen molar-refractivity contribution in [3.8, 4) is 5.69 Å². The van der Waals surface area contributed by atoms with Crippen LogP contribution < -0.4 is 10.2 Å². The molecule has 3 heterocycles. The maximum atomic E-state index is 15.0. The van der Waals surface area contributed by atoms with Gasteiger partial charge in [-0.15, -0.1) is 0 Å². The second-order valence-corrected chi connectivity index (χ2v) is 9.29. The number of benzene rings is 2. The molecule has 1 N–H and O–H groups in total. The lowest BCUT2D eigenvalue weighted by molar-refractivity contribution is 0.556. The van der Waals surface area contributed by atoms with Gasteiger partial charge in [-0.05, 0) is 93.0 Å². The first kappa shape index (κ1) is 22.3. The predicted molar refractivity (Wildman–Crippen MR) is 139 cm³/mol. The van der Waals surface area contributed by atoms with Crippen LogP contribution in [0.4, 0.5) is 10.1 Å². The van der Waals surface area contributed by atoms with Crippen molar-refractivity contribution in [1.29, 1.82) is 0 Å². The van der Waals surface area contributed by atoms with E-state index in [-0.39, 0.29) is 17.9 Å². The van der Waals surface area contributed by atoms with Crippen molar-refractivity contribution in [3.63, 3.8) is 0 Å². The molecule has 34 heavy (non-hydrogen) atoms. The van der Waals surface area contributed by atoms with Gasteiger partial charge in [-0.1, -0.05) is 30.3 Å². The smallest absolute Gasteiger partial charge is 0.174 e. The number of aromatic nitrogens is 2. The Morgan fingerprint density at radius 3 is 2.41 bits per heavy atom. The molecule has 1 saturated heterocycles. The van der Waals surface area contributed by atoms with Crippen LogP contribution in [-0.4, -0.2) is 14.7 Å². The van der Waals surface area contributed by atoms with Crippen molar-refractivity contribution in [2.24, 2.45) is 0 Å². The summed E-state index contributed by atoms with van der Waals surface area (Å²) in [6.45, 7) is 8.47. The third-order valence-electron chi connectivity index (χ3n) is 6.60.